The Kier molecular flexibility index (Phi) is 4.08. The number of hydrogen-bond donors (Lipinski definition) is 1. The van der Waals surface area contributed by atoms with E-state index in [0.29, 0.717) is 6.42 Å². The number of aliphatic hydroxyl groups is 1. The summed E-state index contributed by atoms with van der Waals surface area (Å²) in [5.41, 5.74) is 1.89. The molecular weight excluding hydrogens is 284 g/mol. The number of rotatable bonds is 3. The maximum absolute atomic E-state index is 10.4. The summed E-state index contributed by atoms with van der Waals surface area (Å²) in [5, 5.41) is 10.4. The van der Waals surface area contributed by atoms with Gasteiger partial charge in [-0.15, -0.1) is 11.8 Å². The highest BCUT2D eigenvalue weighted by molar-refractivity contribution is 7.98. The Morgan fingerprint density at radius 3 is 2.62 bits per heavy atom. The van der Waals surface area contributed by atoms with E-state index in [1.54, 1.807) is 18.9 Å². The van der Waals surface area contributed by atoms with E-state index in [1.165, 1.54) is 4.90 Å². The molecular formula is C17H18O3S. The van der Waals surface area contributed by atoms with Gasteiger partial charge in [0.15, 0.2) is 0 Å². The van der Waals surface area contributed by atoms with E-state index < -0.39 is 6.10 Å². The molecule has 0 aliphatic carbocycles. The van der Waals surface area contributed by atoms with Gasteiger partial charge in [-0.1, -0.05) is 12.1 Å². The number of methoxy groups -OCH3 is 1. The van der Waals surface area contributed by atoms with Crippen molar-refractivity contribution in [3.63, 3.8) is 0 Å². The van der Waals surface area contributed by atoms with Gasteiger partial charge in [0, 0.05) is 16.9 Å². The van der Waals surface area contributed by atoms with E-state index in [4.69, 9.17) is 9.47 Å². The molecule has 1 aliphatic rings. The molecule has 0 saturated carbocycles. The third-order valence-corrected chi connectivity index (χ3v) is 4.51. The highest BCUT2D eigenvalue weighted by atomic mass is 32.2. The molecule has 110 valence electrons. The second kappa shape index (κ2) is 6.00. The lowest BCUT2D eigenvalue weighted by Gasteiger charge is -2.30. The summed E-state index contributed by atoms with van der Waals surface area (Å²) in [5.74, 6) is 1.47. The van der Waals surface area contributed by atoms with E-state index >= 15 is 0 Å². The average molecular weight is 302 g/mol. The van der Waals surface area contributed by atoms with Crippen molar-refractivity contribution in [2.75, 3.05) is 13.4 Å². The van der Waals surface area contributed by atoms with Crippen molar-refractivity contribution in [3.05, 3.63) is 53.6 Å². The highest BCUT2D eigenvalue weighted by Crippen LogP contribution is 2.42. The Morgan fingerprint density at radius 1 is 1.19 bits per heavy atom. The summed E-state index contributed by atoms with van der Waals surface area (Å²) in [6, 6.07) is 13.9. The summed E-state index contributed by atoms with van der Waals surface area (Å²) in [4.78, 5) is 1.22. The topological polar surface area (TPSA) is 38.7 Å². The molecule has 3 nitrogen and oxygen atoms in total. The number of benzene rings is 2. The minimum atomic E-state index is -0.533. The van der Waals surface area contributed by atoms with Crippen LogP contribution in [0.15, 0.2) is 47.4 Å². The molecule has 3 rings (SSSR count). The normalized spacial score (nSPS) is 20.5. The molecule has 1 aliphatic heterocycles. The van der Waals surface area contributed by atoms with Gasteiger partial charge in [0.25, 0.3) is 0 Å². The molecule has 2 aromatic rings. The second-order valence-electron chi connectivity index (χ2n) is 5.03. The largest absolute Gasteiger partial charge is 0.497 e. The molecule has 1 unspecified atom stereocenters. The zero-order valence-corrected chi connectivity index (χ0v) is 12.9. The summed E-state index contributed by atoms with van der Waals surface area (Å²) < 4.78 is 11.2. The highest BCUT2D eigenvalue weighted by Gasteiger charge is 2.28. The van der Waals surface area contributed by atoms with Crippen molar-refractivity contribution >= 4 is 11.8 Å². The van der Waals surface area contributed by atoms with Crippen LogP contribution in [-0.2, 0) is 0 Å². The number of aliphatic hydroxyl groups excluding tert-OH is 1. The first-order valence-corrected chi connectivity index (χ1v) is 8.10. The molecule has 0 aromatic heterocycles. The van der Waals surface area contributed by atoms with E-state index in [2.05, 4.69) is 30.5 Å². The molecule has 1 N–H and O–H groups in total. The van der Waals surface area contributed by atoms with Crippen LogP contribution in [-0.4, -0.2) is 18.5 Å². The molecule has 4 heteroatoms. The van der Waals surface area contributed by atoms with Crippen molar-refractivity contribution in [1.82, 2.24) is 0 Å². The van der Waals surface area contributed by atoms with Crippen molar-refractivity contribution in [2.24, 2.45) is 0 Å². The van der Waals surface area contributed by atoms with Crippen molar-refractivity contribution in [1.29, 1.82) is 0 Å². The van der Waals surface area contributed by atoms with Gasteiger partial charge in [-0.3, -0.25) is 0 Å². The Balaban J connectivity index is 1.87. The monoisotopic (exact) mass is 302 g/mol. The van der Waals surface area contributed by atoms with Crippen LogP contribution >= 0.6 is 11.8 Å². The fraction of sp³-hybridized carbons (Fsp3) is 0.294. The maximum Gasteiger partial charge on any atom is 0.127 e. The van der Waals surface area contributed by atoms with Gasteiger partial charge in [-0.2, -0.15) is 0 Å². The Bertz CT molecular complexity index is 624. The Labute approximate surface area is 128 Å². The quantitative estimate of drug-likeness (QED) is 0.871. The number of hydrogen-bond acceptors (Lipinski definition) is 4. The van der Waals surface area contributed by atoms with Gasteiger partial charge >= 0.3 is 0 Å². The minimum absolute atomic E-state index is 0.114. The van der Waals surface area contributed by atoms with E-state index in [0.717, 1.165) is 22.6 Å². The van der Waals surface area contributed by atoms with Crippen molar-refractivity contribution < 1.29 is 14.6 Å². The first kappa shape index (κ1) is 14.3. The average Bonchev–Trinajstić information content (AvgIpc) is 2.54. The van der Waals surface area contributed by atoms with Crippen LogP contribution in [0.5, 0.6) is 11.5 Å². The maximum atomic E-state index is 10.4. The second-order valence-corrected chi connectivity index (χ2v) is 5.91. The molecule has 0 fully saturated rings. The fourth-order valence-electron chi connectivity index (χ4n) is 2.58. The molecule has 0 spiro atoms. The lowest BCUT2D eigenvalue weighted by atomic mass is 9.95. The molecule has 2 aromatic carbocycles. The molecule has 0 amide bonds. The van der Waals surface area contributed by atoms with Crippen LogP contribution in [0.4, 0.5) is 0 Å². The standard InChI is InChI=1S/C17H18O3S/c1-19-12-5-8-16-14(9-12)15(18)10-17(20-16)11-3-6-13(21-2)7-4-11/h3-9,15,17-18H,10H2,1-2H3/t15-,17?/m0/s1. The predicted molar refractivity (Wildman–Crippen MR) is 84.2 cm³/mol. The number of thioether (sulfide) groups is 1. The van der Waals surface area contributed by atoms with Crippen LogP contribution in [0.2, 0.25) is 0 Å². The van der Waals surface area contributed by atoms with Crippen LogP contribution in [0.3, 0.4) is 0 Å². The first-order chi connectivity index (χ1) is 10.2. The molecule has 0 bridgehead atoms. The molecule has 1 heterocycles. The van der Waals surface area contributed by atoms with E-state index in [1.807, 2.05) is 18.2 Å². The van der Waals surface area contributed by atoms with Gasteiger partial charge in [-0.05, 0) is 42.2 Å². The summed E-state index contributed by atoms with van der Waals surface area (Å²) in [6.45, 7) is 0. The Hall–Kier alpha value is -1.65. The SMILES string of the molecule is COc1ccc2c(c1)[C@@H](O)CC(c1ccc(SC)cc1)O2. The zero-order valence-electron chi connectivity index (χ0n) is 12.1. The number of fused-ring (bicyclic) bond motifs is 1. The molecule has 0 radical (unpaired) electrons. The zero-order chi connectivity index (χ0) is 14.8. The first-order valence-electron chi connectivity index (χ1n) is 6.88. The van der Waals surface area contributed by atoms with Crippen LogP contribution < -0.4 is 9.47 Å². The van der Waals surface area contributed by atoms with Gasteiger partial charge in [0.05, 0.1) is 13.2 Å². The Morgan fingerprint density at radius 2 is 1.95 bits per heavy atom. The van der Waals surface area contributed by atoms with Crippen LogP contribution in [0.25, 0.3) is 0 Å². The van der Waals surface area contributed by atoms with Gasteiger partial charge in [-0.25, -0.2) is 0 Å². The number of ether oxygens (including phenoxy) is 2. The van der Waals surface area contributed by atoms with Gasteiger partial charge < -0.3 is 14.6 Å². The van der Waals surface area contributed by atoms with Crippen molar-refractivity contribution in [3.8, 4) is 11.5 Å². The third-order valence-electron chi connectivity index (χ3n) is 3.77. The van der Waals surface area contributed by atoms with Crippen LogP contribution in [0, 0.1) is 0 Å². The van der Waals surface area contributed by atoms with Gasteiger partial charge in [0.2, 0.25) is 0 Å². The van der Waals surface area contributed by atoms with E-state index in [9.17, 15) is 5.11 Å². The third kappa shape index (κ3) is 2.87. The predicted octanol–water partition coefficient (Wildman–Crippen LogP) is 3.97. The molecule has 2 atom stereocenters. The summed E-state index contributed by atoms with van der Waals surface area (Å²) >= 11 is 1.71. The van der Waals surface area contributed by atoms with Crippen LogP contribution in [0.1, 0.15) is 29.8 Å². The van der Waals surface area contributed by atoms with Gasteiger partial charge in [0.1, 0.15) is 17.6 Å². The summed E-state index contributed by atoms with van der Waals surface area (Å²) in [6.07, 6.45) is 1.96. The molecule has 21 heavy (non-hydrogen) atoms. The van der Waals surface area contributed by atoms with Crippen molar-refractivity contribution in [2.45, 2.75) is 23.5 Å². The molecule has 0 saturated heterocycles. The lowest BCUT2D eigenvalue weighted by Crippen LogP contribution is -2.19. The smallest absolute Gasteiger partial charge is 0.127 e. The van der Waals surface area contributed by atoms with E-state index in [-0.39, 0.29) is 6.10 Å². The fourth-order valence-corrected chi connectivity index (χ4v) is 2.98. The lowest BCUT2D eigenvalue weighted by molar-refractivity contribution is 0.0654. The minimum Gasteiger partial charge on any atom is -0.497 e. The summed E-state index contributed by atoms with van der Waals surface area (Å²) in [7, 11) is 1.62.